The van der Waals surface area contributed by atoms with Crippen molar-refractivity contribution in [2.75, 3.05) is 9.80 Å². The lowest BCUT2D eigenvalue weighted by Crippen LogP contribution is -2.62. The molecule has 3 heteroatoms. The summed E-state index contributed by atoms with van der Waals surface area (Å²) < 4.78 is 0. The Morgan fingerprint density at radius 3 is 1.87 bits per heavy atom. The number of anilines is 6. The van der Waals surface area contributed by atoms with Gasteiger partial charge in [0.25, 0.3) is 6.71 Å². The first-order valence-electron chi connectivity index (χ1n) is 22.1. The van der Waals surface area contributed by atoms with Gasteiger partial charge >= 0.3 is 0 Å². The molecule has 4 aliphatic rings. The fraction of sp³-hybridized carbons (Fsp3) is 0.263. The maximum absolute atomic E-state index is 2.69. The first-order chi connectivity index (χ1) is 28.7. The molecule has 0 saturated heterocycles. The zero-order chi connectivity index (χ0) is 41.5. The van der Waals surface area contributed by atoms with E-state index in [9.17, 15) is 0 Å². The van der Waals surface area contributed by atoms with E-state index in [0.717, 1.165) is 6.42 Å². The van der Waals surface area contributed by atoms with Crippen molar-refractivity contribution >= 4 is 57.2 Å². The summed E-state index contributed by atoms with van der Waals surface area (Å²) in [4.78, 5) is 5.30. The molecule has 2 aliphatic heterocycles. The van der Waals surface area contributed by atoms with Crippen LogP contribution < -0.4 is 26.2 Å². The lowest BCUT2D eigenvalue weighted by molar-refractivity contribution is 0.332. The van der Waals surface area contributed by atoms with Crippen LogP contribution in [0.15, 0.2) is 133 Å². The second-order valence-corrected chi connectivity index (χ2v) is 20.6. The number of aryl methyl sites for hydroxylation is 2. The molecule has 0 amide bonds. The van der Waals surface area contributed by atoms with Gasteiger partial charge in [0.1, 0.15) is 0 Å². The summed E-state index contributed by atoms with van der Waals surface area (Å²) in [5.41, 5.74) is 27.1. The Kier molecular flexibility index (Phi) is 7.98. The molecule has 0 radical (unpaired) electrons. The third-order valence-corrected chi connectivity index (χ3v) is 14.7. The molecule has 0 aromatic heterocycles. The maximum atomic E-state index is 2.69. The first-order valence-corrected chi connectivity index (χ1v) is 22.1. The molecule has 0 spiro atoms. The van der Waals surface area contributed by atoms with E-state index in [0.29, 0.717) is 0 Å². The molecule has 7 aromatic carbocycles. The fourth-order valence-electron chi connectivity index (χ4n) is 11.2. The van der Waals surface area contributed by atoms with Gasteiger partial charge in [-0.1, -0.05) is 146 Å². The molecular weight excluding hydrogens is 723 g/mol. The largest absolute Gasteiger partial charge is 0.311 e. The molecule has 2 aliphatic carbocycles. The Labute approximate surface area is 358 Å². The zero-order valence-electron chi connectivity index (χ0n) is 36.8. The van der Waals surface area contributed by atoms with E-state index < -0.39 is 0 Å². The average molecular weight is 779 g/mol. The van der Waals surface area contributed by atoms with Gasteiger partial charge in [0, 0.05) is 34.9 Å². The summed E-state index contributed by atoms with van der Waals surface area (Å²) in [7, 11) is 0. The van der Waals surface area contributed by atoms with Gasteiger partial charge in [-0.05, 0) is 157 Å². The van der Waals surface area contributed by atoms with Crippen LogP contribution >= 0.6 is 0 Å². The fourth-order valence-corrected chi connectivity index (χ4v) is 11.2. The van der Waals surface area contributed by atoms with Crippen LogP contribution in [-0.4, -0.2) is 6.71 Å². The third-order valence-electron chi connectivity index (χ3n) is 14.7. The number of hydrogen-bond donors (Lipinski definition) is 0. The van der Waals surface area contributed by atoms with Crippen LogP contribution in [-0.2, 0) is 22.7 Å². The molecule has 296 valence electrons. The predicted molar refractivity (Wildman–Crippen MR) is 258 cm³/mol. The highest BCUT2D eigenvalue weighted by Crippen LogP contribution is 2.53. The van der Waals surface area contributed by atoms with E-state index in [1.54, 1.807) is 0 Å². The van der Waals surface area contributed by atoms with Crippen molar-refractivity contribution in [1.29, 1.82) is 0 Å². The number of nitrogens with zero attached hydrogens (tertiary/aromatic N) is 2. The number of rotatable bonds is 3. The lowest BCUT2D eigenvalue weighted by Gasteiger charge is -2.48. The number of hydrogen-bond acceptors (Lipinski definition) is 2. The average Bonchev–Trinajstić information content (AvgIpc) is 3.61. The van der Waals surface area contributed by atoms with Crippen LogP contribution in [0.3, 0.4) is 0 Å². The Morgan fingerprint density at radius 1 is 0.517 bits per heavy atom. The molecule has 2 heterocycles. The Bertz CT molecular complexity index is 2930. The highest BCUT2D eigenvalue weighted by Gasteiger charge is 2.47. The molecule has 7 aromatic rings. The van der Waals surface area contributed by atoms with Crippen LogP contribution in [0.5, 0.6) is 0 Å². The van der Waals surface area contributed by atoms with Crippen LogP contribution in [0.2, 0.25) is 0 Å². The van der Waals surface area contributed by atoms with Crippen molar-refractivity contribution in [2.45, 2.75) is 97.8 Å². The quantitative estimate of drug-likeness (QED) is 0.165. The zero-order valence-corrected chi connectivity index (χ0v) is 36.8. The van der Waals surface area contributed by atoms with E-state index in [1.807, 2.05) is 0 Å². The summed E-state index contributed by atoms with van der Waals surface area (Å²) in [5.74, 6) is 0. The van der Waals surface area contributed by atoms with Gasteiger partial charge in [0.05, 0.1) is 5.69 Å². The van der Waals surface area contributed by atoms with Crippen LogP contribution in [0.1, 0.15) is 100 Å². The molecular formula is C57H55BN2. The second-order valence-electron chi connectivity index (χ2n) is 20.6. The summed E-state index contributed by atoms with van der Waals surface area (Å²) >= 11 is 0. The molecule has 0 N–H and O–H groups in total. The van der Waals surface area contributed by atoms with Crippen LogP contribution in [0.4, 0.5) is 34.1 Å². The number of benzene rings is 7. The summed E-state index contributed by atoms with van der Waals surface area (Å²) in [6.07, 6.45) is 3.29. The van der Waals surface area contributed by atoms with E-state index in [-0.39, 0.29) is 23.0 Å². The SMILES string of the molecule is Cc1cc2c3c(c1)N(c1cccc4c1Cc1ccccc1-4)c1cc4c(cc1B3c1cc(-c3ccccc3)ccc1N2c1ccc(C(C)(C)C)cc1C)C(C)(C)CCC4(C)C. The summed E-state index contributed by atoms with van der Waals surface area (Å²) in [6.45, 7) is 21.5. The van der Waals surface area contributed by atoms with E-state index in [2.05, 4.69) is 206 Å². The smallest absolute Gasteiger partial charge is 0.252 e. The summed E-state index contributed by atoms with van der Waals surface area (Å²) in [5, 5.41) is 0. The minimum Gasteiger partial charge on any atom is -0.311 e. The second kappa shape index (κ2) is 12.9. The Balaban J connectivity index is 1.25. The van der Waals surface area contributed by atoms with Gasteiger partial charge in [-0.3, -0.25) is 0 Å². The molecule has 2 nitrogen and oxygen atoms in total. The van der Waals surface area contributed by atoms with Crippen molar-refractivity contribution in [2.24, 2.45) is 0 Å². The highest BCUT2D eigenvalue weighted by atomic mass is 15.2. The van der Waals surface area contributed by atoms with E-state index >= 15 is 0 Å². The van der Waals surface area contributed by atoms with Gasteiger partial charge < -0.3 is 9.80 Å². The Morgan fingerprint density at radius 2 is 1.15 bits per heavy atom. The van der Waals surface area contributed by atoms with Crippen molar-refractivity contribution < 1.29 is 0 Å². The van der Waals surface area contributed by atoms with E-state index in [1.165, 1.54) is 125 Å². The number of fused-ring (bicyclic) bond motifs is 8. The topological polar surface area (TPSA) is 6.48 Å². The molecule has 0 saturated carbocycles. The minimum absolute atomic E-state index is 0.0472. The predicted octanol–water partition coefficient (Wildman–Crippen LogP) is 13.3. The van der Waals surface area contributed by atoms with Gasteiger partial charge in [-0.25, -0.2) is 0 Å². The molecule has 0 atom stereocenters. The van der Waals surface area contributed by atoms with Crippen molar-refractivity contribution in [3.63, 3.8) is 0 Å². The maximum Gasteiger partial charge on any atom is 0.252 e. The van der Waals surface area contributed by atoms with Crippen LogP contribution in [0.25, 0.3) is 22.3 Å². The molecule has 0 unspecified atom stereocenters. The normalized spacial score (nSPS) is 16.4. The third kappa shape index (κ3) is 5.47. The van der Waals surface area contributed by atoms with E-state index in [4.69, 9.17) is 0 Å². The molecule has 0 fully saturated rings. The molecule has 0 bridgehead atoms. The van der Waals surface area contributed by atoms with Crippen molar-refractivity contribution in [3.8, 4) is 22.3 Å². The molecule has 11 rings (SSSR count). The minimum atomic E-state index is 0.0472. The lowest BCUT2D eigenvalue weighted by atomic mass is 9.33. The standard InChI is InChI=1S/C57H55BN2/c1-35-28-52-54-53(29-35)60(49-21-15-20-42-41-19-14-13-18-39(41)31-43(42)49)51-34-45-44(56(6,7)26-27-57(45,8)9)33-47(51)58(54)46-32-38(37-16-11-10-12-17-37)22-24-50(46)59(52)48-25-23-40(30-36(48)2)55(3,4)5/h10-25,28-30,32-34H,26-27,31H2,1-9H3. The van der Waals surface area contributed by atoms with Crippen molar-refractivity contribution in [1.82, 2.24) is 0 Å². The summed E-state index contributed by atoms with van der Waals surface area (Å²) in [6, 6.07) is 51.8. The molecule has 60 heavy (non-hydrogen) atoms. The van der Waals surface area contributed by atoms with Crippen molar-refractivity contribution in [3.05, 3.63) is 172 Å². The Hall–Kier alpha value is -5.80. The van der Waals surface area contributed by atoms with Crippen LogP contribution in [0, 0.1) is 13.8 Å². The van der Waals surface area contributed by atoms with Gasteiger partial charge in [0.15, 0.2) is 0 Å². The highest BCUT2D eigenvalue weighted by molar-refractivity contribution is 7.00. The monoisotopic (exact) mass is 778 g/mol. The van der Waals surface area contributed by atoms with Gasteiger partial charge in [-0.15, -0.1) is 0 Å². The van der Waals surface area contributed by atoms with Gasteiger partial charge in [-0.2, -0.15) is 0 Å². The van der Waals surface area contributed by atoms with Gasteiger partial charge in [0.2, 0.25) is 0 Å². The first kappa shape index (κ1) is 37.2.